The first-order valence-electron chi connectivity index (χ1n) is 10.2. The van der Waals surface area contributed by atoms with Gasteiger partial charge in [-0.15, -0.1) is 0 Å². The Morgan fingerprint density at radius 3 is 2.55 bits per heavy atom. The van der Waals surface area contributed by atoms with E-state index in [0.717, 1.165) is 16.1 Å². The Bertz CT molecular complexity index is 1140. The molecule has 0 radical (unpaired) electrons. The van der Waals surface area contributed by atoms with E-state index in [2.05, 4.69) is 5.32 Å². The number of sulfonamides is 1. The molecule has 0 bridgehead atoms. The zero-order valence-corrected chi connectivity index (χ0v) is 19.7. The summed E-state index contributed by atoms with van der Waals surface area (Å²) in [4.78, 5) is 27.1. The van der Waals surface area contributed by atoms with Gasteiger partial charge in [-0.05, 0) is 36.8 Å². The smallest absolute Gasteiger partial charge is 0.244 e. The Kier molecular flexibility index (Phi) is 7.32. The van der Waals surface area contributed by atoms with Crippen LogP contribution < -0.4 is 23.8 Å². The van der Waals surface area contributed by atoms with E-state index in [1.165, 1.54) is 31.2 Å². The topological polar surface area (TPSA) is 114 Å². The molecule has 3 rings (SSSR count). The first-order valence-corrected chi connectivity index (χ1v) is 12.0. The van der Waals surface area contributed by atoms with E-state index in [4.69, 9.17) is 14.2 Å². The summed E-state index contributed by atoms with van der Waals surface area (Å²) in [5.74, 6) is 0.565. The molecule has 2 amide bonds. The Labute approximate surface area is 193 Å². The lowest BCUT2D eigenvalue weighted by Crippen LogP contribution is -2.50. The van der Waals surface area contributed by atoms with Crippen molar-refractivity contribution >= 4 is 27.5 Å². The molecule has 0 spiro atoms. The van der Waals surface area contributed by atoms with Crippen LogP contribution in [0.2, 0.25) is 0 Å². The highest BCUT2D eigenvalue weighted by Gasteiger charge is 2.30. The van der Waals surface area contributed by atoms with Crippen LogP contribution in [-0.2, 0) is 26.2 Å². The third kappa shape index (κ3) is 5.67. The number of carbonyl (C=O) groups excluding carboxylic acids is 2. The van der Waals surface area contributed by atoms with Gasteiger partial charge < -0.3 is 24.4 Å². The van der Waals surface area contributed by atoms with Crippen LogP contribution in [0.1, 0.15) is 12.5 Å². The number of nitrogens with one attached hydrogen (secondary N) is 1. The number of likely N-dealkylation sites (N-methyl/N-ethyl adjacent to an activating group) is 1. The number of nitrogens with zero attached hydrogens (tertiary/aromatic N) is 2. The fourth-order valence-electron chi connectivity index (χ4n) is 3.41. The molecule has 10 nitrogen and oxygen atoms in total. The summed E-state index contributed by atoms with van der Waals surface area (Å²) in [6, 6.07) is 10.9. The highest BCUT2D eigenvalue weighted by atomic mass is 32.2. The van der Waals surface area contributed by atoms with E-state index in [0.29, 0.717) is 17.2 Å². The summed E-state index contributed by atoms with van der Waals surface area (Å²) in [6.45, 7) is 1.21. The molecule has 2 aromatic rings. The normalized spacial score (nSPS) is 13.2. The summed E-state index contributed by atoms with van der Waals surface area (Å²) in [6.07, 6.45) is 1.01. The SMILES string of the molecule is CNC(=O)[C@H](C)N(Cc1cccc(OC)c1)C(=O)CN(c1ccc2c(c1)OCO2)S(C)(=O)=O. The summed E-state index contributed by atoms with van der Waals surface area (Å²) < 4.78 is 42.0. The molecule has 1 N–H and O–H groups in total. The molecule has 33 heavy (non-hydrogen) atoms. The highest BCUT2D eigenvalue weighted by Crippen LogP contribution is 2.36. The van der Waals surface area contributed by atoms with Crippen LogP contribution in [0.3, 0.4) is 0 Å². The number of methoxy groups -OCH3 is 1. The number of carbonyl (C=O) groups is 2. The Morgan fingerprint density at radius 1 is 1.15 bits per heavy atom. The van der Waals surface area contributed by atoms with Crippen molar-refractivity contribution in [3.63, 3.8) is 0 Å². The zero-order chi connectivity index (χ0) is 24.2. The van der Waals surface area contributed by atoms with E-state index in [1.54, 1.807) is 37.3 Å². The number of hydrogen-bond acceptors (Lipinski definition) is 7. The van der Waals surface area contributed by atoms with Gasteiger partial charge in [0.25, 0.3) is 0 Å². The fraction of sp³-hybridized carbons (Fsp3) is 0.364. The van der Waals surface area contributed by atoms with Crippen LogP contribution in [0, 0.1) is 0 Å². The number of ether oxygens (including phenoxy) is 3. The van der Waals surface area contributed by atoms with Crippen molar-refractivity contribution in [1.29, 1.82) is 0 Å². The minimum Gasteiger partial charge on any atom is -0.497 e. The third-order valence-corrected chi connectivity index (χ3v) is 6.36. The lowest BCUT2D eigenvalue weighted by atomic mass is 10.1. The van der Waals surface area contributed by atoms with Crippen molar-refractivity contribution < 1.29 is 32.2 Å². The van der Waals surface area contributed by atoms with Crippen molar-refractivity contribution in [2.45, 2.75) is 19.5 Å². The molecule has 0 fully saturated rings. The number of amides is 2. The predicted molar refractivity (Wildman–Crippen MR) is 122 cm³/mol. The highest BCUT2D eigenvalue weighted by molar-refractivity contribution is 7.92. The second-order valence-corrected chi connectivity index (χ2v) is 9.38. The molecule has 1 heterocycles. The van der Waals surface area contributed by atoms with Gasteiger partial charge in [0.05, 0.1) is 19.1 Å². The largest absolute Gasteiger partial charge is 0.497 e. The number of anilines is 1. The third-order valence-electron chi connectivity index (χ3n) is 5.22. The molecule has 178 valence electrons. The fourth-order valence-corrected chi connectivity index (χ4v) is 4.25. The van der Waals surface area contributed by atoms with Crippen LogP contribution >= 0.6 is 0 Å². The maximum atomic E-state index is 13.4. The summed E-state index contributed by atoms with van der Waals surface area (Å²) in [7, 11) is -0.823. The van der Waals surface area contributed by atoms with Crippen LogP contribution in [-0.4, -0.2) is 64.9 Å². The van der Waals surface area contributed by atoms with Gasteiger partial charge in [0.15, 0.2) is 11.5 Å². The van der Waals surface area contributed by atoms with Gasteiger partial charge in [-0.25, -0.2) is 8.42 Å². The number of hydrogen-bond donors (Lipinski definition) is 1. The van der Waals surface area contributed by atoms with Gasteiger partial charge in [0.1, 0.15) is 18.3 Å². The second kappa shape index (κ2) is 9.99. The standard InChI is InChI=1S/C22H27N3O7S/c1-15(22(27)23-2)24(12-16-6-5-7-18(10-16)30-3)21(26)13-25(33(4,28)29)17-8-9-19-20(11-17)32-14-31-19/h5-11,15H,12-14H2,1-4H3,(H,23,27)/t15-/m0/s1. The van der Waals surface area contributed by atoms with Crippen LogP contribution in [0.25, 0.3) is 0 Å². The van der Waals surface area contributed by atoms with E-state index in [9.17, 15) is 18.0 Å². The molecule has 11 heteroatoms. The lowest BCUT2D eigenvalue weighted by molar-refractivity contribution is -0.139. The molecule has 0 aliphatic carbocycles. The molecule has 0 saturated heterocycles. The molecule has 1 aliphatic rings. The molecule has 1 atom stereocenters. The van der Waals surface area contributed by atoms with E-state index < -0.39 is 28.5 Å². The summed E-state index contributed by atoms with van der Waals surface area (Å²) in [5.41, 5.74) is 0.983. The Balaban J connectivity index is 1.91. The quantitative estimate of drug-likeness (QED) is 0.580. The van der Waals surface area contributed by atoms with E-state index >= 15 is 0 Å². The second-order valence-electron chi connectivity index (χ2n) is 7.47. The summed E-state index contributed by atoms with van der Waals surface area (Å²) >= 11 is 0. The van der Waals surface area contributed by atoms with Gasteiger partial charge in [0, 0.05) is 19.7 Å². The maximum Gasteiger partial charge on any atom is 0.244 e. The molecular weight excluding hydrogens is 450 g/mol. The Hall–Kier alpha value is -3.47. The zero-order valence-electron chi connectivity index (χ0n) is 18.9. The van der Waals surface area contributed by atoms with Crippen molar-refractivity contribution in [2.75, 3.05) is 38.1 Å². The molecule has 0 saturated carbocycles. The predicted octanol–water partition coefficient (Wildman–Crippen LogP) is 1.35. The minimum atomic E-state index is -3.83. The van der Waals surface area contributed by atoms with Crippen molar-refractivity contribution in [3.05, 3.63) is 48.0 Å². The molecule has 2 aromatic carbocycles. The van der Waals surface area contributed by atoms with E-state index in [1.807, 2.05) is 0 Å². The number of benzene rings is 2. The number of fused-ring (bicyclic) bond motifs is 1. The first kappa shape index (κ1) is 24.2. The van der Waals surface area contributed by atoms with E-state index in [-0.39, 0.29) is 24.9 Å². The summed E-state index contributed by atoms with van der Waals surface area (Å²) in [5, 5.41) is 2.53. The van der Waals surface area contributed by atoms with Gasteiger partial charge in [-0.2, -0.15) is 0 Å². The average molecular weight is 478 g/mol. The van der Waals surface area contributed by atoms with Crippen molar-refractivity contribution in [3.8, 4) is 17.2 Å². The average Bonchev–Trinajstić information content (AvgIpc) is 3.27. The van der Waals surface area contributed by atoms with Gasteiger partial charge in [-0.1, -0.05) is 12.1 Å². The van der Waals surface area contributed by atoms with Crippen LogP contribution in [0.5, 0.6) is 17.2 Å². The van der Waals surface area contributed by atoms with Crippen molar-refractivity contribution in [1.82, 2.24) is 10.2 Å². The van der Waals surface area contributed by atoms with Crippen molar-refractivity contribution in [2.24, 2.45) is 0 Å². The monoisotopic (exact) mass is 477 g/mol. The van der Waals surface area contributed by atoms with Gasteiger partial charge in [-0.3, -0.25) is 13.9 Å². The van der Waals surface area contributed by atoms with Gasteiger partial charge >= 0.3 is 0 Å². The molecule has 0 aromatic heterocycles. The lowest BCUT2D eigenvalue weighted by Gasteiger charge is -2.31. The molecule has 1 aliphatic heterocycles. The molecule has 0 unspecified atom stereocenters. The Morgan fingerprint density at radius 2 is 1.88 bits per heavy atom. The first-order chi connectivity index (χ1) is 15.6. The van der Waals surface area contributed by atoms with Crippen LogP contribution in [0.4, 0.5) is 5.69 Å². The van der Waals surface area contributed by atoms with Crippen LogP contribution in [0.15, 0.2) is 42.5 Å². The number of rotatable bonds is 9. The minimum absolute atomic E-state index is 0.0363. The van der Waals surface area contributed by atoms with Gasteiger partial charge in [0.2, 0.25) is 28.6 Å². The maximum absolute atomic E-state index is 13.4. The molecular formula is C22H27N3O7S.